The zero-order chi connectivity index (χ0) is 16.9. The molecule has 1 N–H and O–H groups in total. The molecular weight excluding hydrogens is 300 g/mol. The molecule has 0 bridgehead atoms. The van der Waals surface area contributed by atoms with Crippen molar-refractivity contribution < 1.29 is 4.74 Å². The Morgan fingerprint density at radius 3 is 3.04 bits per heavy atom. The fraction of sp³-hybridized carbons (Fsp3) is 0.632. The second kappa shape index (κ2) is 7.99. The molecule has 5 nitrogen and oxygen atoms in total. The Kier molecular flexibility index (Phi) is 5.74. The van der Waals surface area contributed by atoms with Gasteiger partial charge in [-0.1, -0.05) is 13.8 Å². The van der Waals surface area contributed by atoms with E-state index in [1.165, 1.54) is 17.7 Å². The zero-order valence-corrected chi connectivity index (χ0v) is 15.1. The molecule has 0 amide bonds. The maximum Gasteiger partial charge on any atom is 0.0896 e. The predicted molar refractivity (Wildman–Crippen MR) is 95.6 cm³/mol. The first-order chi connectivity index (χ1) is 11.6. The molecule has 1 fully saturated rings. The van der Waals surface area contributed by atoms with E-state index in [-0.39, 0.29) is 6.10 Å². The number of aryl methyl sites for hydroxylation is 2. The van der Waals surface area contributed by atoms with Crippen LogP contribution in [0.15, 0.2) is 30.7 Å². The van der Waals surface area contributed by atoms with Gasteiger partial charge >= 0.3 is 0 Å². The van der Waals surface area contributed by atoms with Crippen LogP contribution in [-0.2, 0) is 24.9 Å². The van der Waals surface area contributed by atoms with Crippen LogP contribution < -0.4 is 5.32 Å². The standard InChI is InChI=1S/C19H30N4O/c1-15(2)6-9-23-8-4-5-18(23)13-20-11-16-7-10-24-19(16)17-12-21-22(3)14-17/h4-5,8,12,14-16,19-20H,6-7,9-11,13H2,1-3H3/t16-,19+/m0/s1. The Labute approximate surface area is 145 Å². The largest absolute Gasteiger partial charge is 0.373 e. The summed E-state index contributed by atoms with van der Waals surface area (Å²) in [6.45, 7) is 8.40. The van der Waals surface area contributed by atoms with Crippen molar-refractivity contribution in [2.75, 3.05) is 13.2 Å². The molecule has 0 unspecified atom stereocenters. The molecule has 2 atom stereocenters. The van der Waals surface area contributed by atoms with Gasteiger partial charge in [0.15, 0.2) is 0 Å². The van der Waals surface area contributed by atoms with Gasteiger partial charge in [0, 0.05) is 62.9 Å². The molecule has 2 aromatic rings. The van der Waals surface area contributed by atoms with Crippen LogP contribution in [0.1, 0.15) is 44.1 Å². The van der Waals surface area contributed by atoms with Crippen LogP contribution in [-0.4, -0.2) is 27.5 Å². The van der Waals surface area contributed by atoms with Crippen LogP contribution in [0.2, 0.25) is 0 Å². The lowest BCUT2D eigenvalue weighted by Gasteiger charge is -2.18. The average Bonchev–Trinajstić information content (AvgIpc) is 3.26. The first-order valence-electron chi connectivity index (χ1n) is 9.08. The molecule has 3 heterocycles. The summed E-state index contributed by atoms with van der Waals surface area (Å²) >= 11 is 0. The second-order valence-electron chi connectivity index (χ2n) is 7.29. The Morgan fingerprint density at radius 1 is 1.42 bits per heavy atom. The van der Waals surface area contributed by atoms with Crippen LogP contribution in [0.3, 0.4) is 0 Å². The summed E-state index contributed by atoms with van der Waals surface area (Å²) in [5.41, 5.74) is 2.56. The second-order valence-corrected chi connectivity index (χ2v) is 7.29. The summed E-state index contributed by atoms with van der Waals surface area (Å²) in [5, 5.41) is 7.91. The minimum atomic E-state index is 0.180. The van der Waals surface area contributed by atoms with Crippen LogP contribution >= 0.6 is 0 Å². The van der Waals surface area contributed by atoms with Gasteiger partial charge in [-0.15, -0.1) is 0 Å². The average molecular weight is 330 g/mol. The van der Waals surface area contributed by atoms with Crippen molar-refractivity contribution in [2.24, 2.45) is 18.9 Å². The highest BCUT2D eigenvalue weighted by atomic mass is 16.5. The predicted octanol–water partition coefficient (Wildman–Crippen LogP) is 3.14. The topological polar surface area (TPSA) is 44.0 Å². The van der Waals surface area contributed by atoms with E-state index >= 15 is 0 Å². The molecule has 24 heavy (non-hydrogen) atoms. The number of ether oxygens (including phenoxy) is 1. The maximum atomic E-state index is 5.94. The smallest absolute Gasteiger partial charge is 0.0896 e. The Bertz CT molecular complexity index is 631. The molecule has 2 aromatic heterocycles. The number of rotatable bonds is 8. The Morgan fingerprint density at radius 2 is 2.29 bits per heavy atom. The van der Waals surface area contributed by atoms with Gasteiger partial charge in [0.25, 0.3) is 0 Å². The lowest BCUT2D eigenvalue weighted by atomic mass is 9.97. The summed E-state index contributed by atoms with van der Waals surface area (Å²) in [6, 6.07) is 4.37. The minimum Gasteiger partial charge on any atom is -0.373 e. The fourth-order valence-electron chi connectivity index (χ4n) is 3.41. The molecular formula is C19H30N4O. The normalized spacial score (nSPS) is 21.0. The van der Waals surface area contributed by atoms with Crippen molar-refractivity contribution in [1.82, 2.24) is 19.7 Å². The van der Waals surface area contributed by atoms with E-state index in [2.05, 4.69) is 53.4 Å². The molecule has 3 rings (SSSR count). The van der Waals surface area contributed by atoms with Crippen molar-refractivity contribution in [3.8, 4) is 0 Å². The quantitative estimate of drug-likeness (QED) is 0.809. The number of nitrogens with zero attached hydrogens (tertiary/aromatic N) is 3. The van der Waals surface area contributed by atoms with E-state index in [0.29, 0.717) is 5.92 Å². The highest BCUT2D eigenvalue weighted by Crippen LogP contribution is 2.33. The Balaban J connectivity index is 1.50. The monoisotopic (exact) mass is 330 g/mol. The molecule has 1 aliphatic heterocycles. The number of hydrogen-bond acceptors (Lipinski definition) is 3. The first-order valence-corrected chi connectivity index (χ1v) is 9.08. The van der Waals surface area contributed by atoms with Gasteiger partial charge in [-0.2, -0.15) is 5.10 Å². The van der Waals surface area contributed by atoms with E-state index in [1.807, 2.05) is 17.9 Å². The van der Waals surface area contributed by atoms with Crippen LogP contribution in [0.5, 0.6) is 0 Å². The minimum absolute atomic E-state index is 0.180. The van der Waals surface area contributed by atoms with E-state index in [0.717, 1.165) is 38.6 Å². The van der Waals surface area contributed by atoms with Crippen LogP contribution in [0, 0.1) is 11.8 Å². The van der Waals surface area contributed by atoms with Gasteiger partial charge in [0.05, 0.1) is 12.3 Å². The van der Waals surface area contributed by atoms with Gasteiger partial charge in [-0.3, -0.25) is 4.68 Å². The zero-order valence-electron chi connectivity index (χ0n) is 15.1. The molecule has 5 heteroatoms. The lowest BCUT2D eigenvalue weighted by molar-refractivity contribution is 0.0903. The summed E-state index contributed by atoms with van der Waals surface area (Å²) in [5.74, 6) is 1.26. The van der Waals surface area contributed by atoms with Gasteiger partial charge in [-0.05, 0) is 30.9 Å². The molecule has 1 saturated heterocycles. The molecule has 0 aliphatic carbocycles. The highest BCUT2D eigenvalue weighted by Gasteiger charge is 2.30. The van der Waals surface area contributed by atoms with Crippen LogP contribution in [0.4, 0.5) is 0 Å². The number of aromatic nitrogens is 3. The Hall–Kier alpha value is -1.59. The number of nitrogens with one attached hydrogen (secondary N) is 1. The summed E-state index contributed by atoms with van der Waals surface area (Å²) < 4.78 is 10.2. The fourth-order valence-corrected chi connectivity index (χ4v) is 3.41. The molecule has 0 spiro atoms. The lowest BCUT2D eigenvalue weighted by Crippen LogP contribution is -2.25. The van der Waals surface area contributed by atoms with Gasteiger partial charge in [-0.25, -0.2) is 0 Å². The van der Waals surface area contributed by atoms with Crippen molar-refractivity contribution in [3.05, 3.63) is 42.0 Å². The third-order valence-electron chi connectivity index (χ3n) is 4.85. The third-order valence-corrected chi connectivity index (χ3v) is 4.85. The van der Waals surface area contributed by atoms with Gasteiger partial charge in [0.1, 0.15) is 0 Å². The maximum absolute atomic E-state index is 5.94. The van der Waals surface area contributed by atoms with E-state index in [1.54, 1.807) is 0 Å². The molecule has 0 radical (unpaired) electrons. The van der Waals surface area contributed by atoms with E-state index < -0.39 is 0 Å². The van der Waals surface area contributed by atoms with Gasteiger partial charge in [0.2, 0.25) is 0 Å². The number of hydrogen-bond donors (Lipinski definition) is 1. The summed E-state index contributed by atoms with van der Waals surface area (Å²) in [7, 11) is 1.96. The van der Waals surface area contributed by atoms with Crippen molar-refractivity contribution >= 4 is 0 Å². The third kappa shape index (κ3) is 4.28. The van der Waals surface area contributed by atoms with E-state index in [4.69, 9.17) is 4.74 Å². The van der Waals surface area contributed by atoms with Crippen molar-refractivity contribution in [1.29, 1.82) is 0 Å². The molecule has 1 aliphatic rings. The molecule has 0 aromatic carbocycles. The summed E-state index contributed by atoms with van der Waals surface area (Å²) in [6.07, 6.45) is 8.71. The summed E-state index contributed by atoms with van der Waals surface area (Å²) in [4.78, 5) is 0. The van der Waals surface area contributed by atoms with Crippen molar-refractivity contribution in [2.45, 2.75) is 45.9 Å². The van der Waals surface area contributed by atoms with Crippen LogP contribution in [0.25, 0.3) is 0 Å². The highest BCUT2D eigenvalue weighted by molar-refractivity contribution is 5.11. The molecule has 132 valence electrons. The first kappa shape index (κ1) is 17.2. The van der Waals surface area contributed by atoms with Crippen molar-refractivity contribution in [3.63, 3.8) is 0 Å². The molecule has 0 saturated carbocycles. The van der Waals surface area contributed by atoms with Gasteiger partial charge < -0.3 is 14.6 Å². The SMILES string of the molecule is CC(C)CCn1cccc1CNC[C@@H]1CCO[C@H]1c1cnn(C)c1. The van der Waals surface area contributed by atoms with E-state index in [9.17, 15) is 0 Å².